The normalized spacial score (nSPS) is 13.5. The summed E-state index contributed by atoms with van der Waals surface area (Å²) >= 11 is 0. The molecule has 1 atom stereocenters. The van der Waals surface area contributed by atoms with Crippen LogP contribution in [0.15, 0.2) is 53.3 Å². The van der Waals surface area contributed by atoms with E-state index in [-0.39, 0.29) is 11.5 Å². The third-order valence-corrected chi connectivity index (χ3v) is 5.42. The molecule has 7 nitrogen and oxygen atoms in total. The van der Waals surface area contributed by atoms with Crippen LogP contribution in [0.25, 0.3) is 11.3 Å². The van der Waals surface area contributed by atoms with Gasteiger partial charge in [0.15, 0.2) is 11.5 Å². The molecule has 3 aromatic rings. The van der Waals surface area contributed by atoms with Crippen molar-refractivity contribution >= 4 is 11.6 Å². The van der Waals surface area contributed by atoms with Crippen LogP contribution < -0.4 is 20.3 Å². The number of amides is 1. The van der Waals surface area contributed by atoms with Gasteiger partial charge in [-0.2, -0.15) is 5.10 Å². The van der Waals surface area contributed by atoms with E-state index in [0.717, 1.165) is 11.1 Å². The predicted octanol–water partition coefficient (Wildman–Crippen LogP) is 3.89. The van der Waals surface area contributed by atoms with Crippen molar-refractivity contribution in [1.29, 1.82) is 0 Å². The van der Waals surface area contributed by atoms with Crippen LogP contribution in [0.1, 0.15) is 30.5 Å². The Morgan fingerprint density at radius 2 is 1.81 bits per heavy atom. The zero-order valence-electron chi connectivity index (χ0n) is 17.8. The minimum Gasteiger partial charge on any atom is -0.486 e. The molecule has 7 heteroatoms. The second-order valence-electron chi connectivity index (χ2n) is 7.57. The lowest BCUT2D eigenvalue weighted by atomic mass is 10.0. The van der Waals surface area contributed by atoms with E-state index in [0.29, 0.717) is 42.5 Å². The zero-order chi connectivity index (χ0) is 22.0. The molecule has 1 aliphatic heterocycles. The van der Waals surface area contributed by atoms with E-state index in [1.165, 1.54) is 16.3 Å². The zero-order valence-corrected chi connectivity index (χ0v) is 17.8. The van der Waals surface area contributed by atoms with Crippen LogP contribution in [0.5, 0.6) is 11.5 Å². The lowest BCUT2D eigenvalue weighted by Gasteiger charge is -2.20. The largest absolute Gasteiger partial charge is 0.486 e. The van der Waals surface area contributed by atoms with E-state index in [1.54, 1.807) is 24.3 Å². The molecular formula is C24H25N3O4. The van der Waals surface area contributed by atoms with Crippen LogP contribution in [-0.2, 0) is 4.79 Å². The number of nitrogens with one attached hydrogen (secondary N) is 1. The molecule has 0 aliphatic carbocycles. The molecule has 0 saturated heterocycles. The van der Waals surface area contributed by atoms with Crippen molar-refractivity contribution in [2.45, 2.75) is 33.2 Å². The lowest BCUT2D eigenvalue weighted by molar-refractivity contribution is -0.119. The number of aryl methyl sites for hydroxylation is 2. The first-order chi connectivity index (χ1) is 15.0. The van der Waals surface area contributed by atoms with Crippen molar-refractivity contribution in [3.63, 3.8) is 0 Å². The Bertz CT molecular complexity index is 1190. The number of carbonyl (C=O) groups is 1. The van der Waals surface area contributed by atoms with Crippen LogP contribution in [0.4, 0.5) is 5.69 Å². The van der Waals surface area contributed by atoms with Gasteiger partial charge in [-0.05, 0) is 55.7 Å². The molecule has 0 saturated carbocycles. The van der Waals surface area contributed by atoms with Gasteiger partial charge in [0.25, 0.3) is 5.56 Å². The third kappa shape index (κ3) is 4.30. The van der Waals surface area contributed by atoms with Crippen molar-refractivity contribution < 1.29 is 14.3 Å². The third-order valence-electron chi connectivity index (χ3n) is 5.42. The van der Waals surface area contributed by atoms with Gasteiger partial charge in [0.1, 0.15) is 19.3 Å². The molecule has 4 rings (SSSR count). The van der Waals surface area contributed by atoms with Crippen molar-refractivity contribution in [1.82, 2.24) is 9.78 Å². The molecule has 0 unspecified atom stereocenters. The maximum atomic E-state index is 13.0. The summed E-state index contributed by atoms with van der Waals surface area (Å²) < 4.78 is 12.4. The Balaban J connectivity index is 1.61. The maximum absolute atomic E-state index is 13.0. The number of ether oxygens (including phenoxy) is 2. The summed E-state index contributed by atoms with van der Waals surface area (Å²) in [5.74, 6) is 0.922. The van der Waals surface area contributed by atoms with Gasteiger partial charge in [0.05, 0.1) is 5.69 Å². The molecule has 2 heterocycles. The van der Waals surface area contributed by atoms with Crippen molar-refractivity contribution in [3.8, 4) is 22.8 Å². The number of rotatable bonds is 5. The molecule has 0 bridgehead atoms. The Labute approximate surface area is 180 Å². The first-order valence-corrected chi connectivity index (χ1v) is 10.3. The molecule has 1 amide bonds. The van der Waals surface area contributed by atoms with E-state index in [4.69, 9.17) is 9.47 Å². The summed E-state index contributed by atoms with van der Waals surface area (Å²) in [5.41, 5.74) is 4.12. The molecular weight excluding hydrogens is 394 g/mol. The number of fused-ring (bicyclic) bond motifs is 1. The van der Waals surface area contributed by atoms with Gasteiger partial charge in [0.2, 0.25) is 5.91 Å². The first kappa shape index (κ1) is 20.7. The average molecular weight is 419 g/mol. The fraction of sp³-hybridized carbons (Fsp3) is 0.292. The summed E-state index contributed by atoms with van der Waals surface area (Å²) in [4.78, 5) is 25.6. The van der Waals surface area contributed by atoms with Crippen LogP contribution >= 0.6 is 0 Å². The number of hydrogen-bond donors (Lipinski definition) is 1. The van der Waals surface area contributed by atoms with E-state index < -0.39 is 6.04 Å². The van der Waals surface area contributed by atoms with E-state index in [2.05, 4.69) is 10.4 Å². The second-order valence-corrected chi connectivity index (χ2v) is 7.57. The van der Waals surface area contributed by atoms with E-state index in [1.807, 2.05) is 39.0 Å². The van der Waals surface area contributed by atoms with Crippen LogP contribution in [0.3, 0.4) is 0 Å². The molecule has 160 valence electrons. The highest BCUT2D eigenvalue weighted by molar-refractivity contribution is 5.94. The quantitative estimate of drug-likeness (QED) is 0.679. The predicted molar refractivity (Wildman–Crippen MR) is 119 cm³/mol. The van der Waals surface area contributed by atoms with Gasteiger partial charge in [-0.25, -0.2) is 4.68 Å². The summed E-state index contributed by atoms with van der Waals surface area (Å²) in [6, 6.07) is 13.7. The van der Waals surface area contributed by atoms with Gasteiger partial charge in [-0.1, -0.05) is 19.1 Å². The Morgan fingerprint density at radius 3 is 2.55 bits per heavy atom. The van der Waals surface area contributed by atoms with E-state index in [9.17, 15) is 9.59 Å². The van der Waals surface area contributed by atoms with Crippen molar-refractivity contribution in [2.24, 2.45) is 0 Å². The molecule has 1 aromatic heterocycles. The Morgan fingerprint density at radius 1 is 1.03 bits per heavy atom. The summed E-state index contributed by atoms with van der Waals surface area (Å²) in [7, 11) is 0. The average Bonchev–Trinajstić information content (AvgIpc) is 2.77. The molecule has 0 spiro atoms. The summed E-state index contributed by atoms with van der Waals surface area (Å²) in [6.07, 6.45) is 0.416. The van der Waals surface area contributed by atoms with Crippen molar-refractivity contribution in [3.05, 3.63) is 70.0 Å². The van der Waals surface area contributed by atoms with Gasteiger partial charge in [-0.15, -0.1) is 0 Å². The summed E-state index contributed by atoms with van der Waals surface area (Å²) in [5, 5.41) is 7.39. The minimum atomic E-state index is -0.743. The fourth-order valence-corrected chi connectivity index (χ4v) is 3.52. The fourth-order valence-electron chi connectivity index (χ4n) is 3.52. The number of anilines is 1. The standard InChI is InChI=1S/C24H25N3O4/c1-4-20(24(29)25-18-7-9-21-22(14-18)31-12-11-30-21)27-23(28)10-8-19(26-27)17-6-5-15(2)16(3)13-17/h5-10,13-14,20H,4,11-12H2,1-3H3,(H,25,29)/t20-/m0/s1. The van der Waals surface area contributed by atoms with Crippen LogP contribution in [0.2, 0.25) is 0 Å². The molecule has 1 N–H and O–H groups in total. The molecule has 2 aromatic carbocycles. The van der Waals surface area contributed by atoms with Crippen LogP contribution in [-0.4, -0.2) is 28.9 Å². The topological polar surface area (TPSA) is 82.4 Å². The van der Waals surface area contributed by atoms with Gasteiger partial charge in [-0.3, -0.25) is 9.59 Å². The number of hydrogen-bond acceptors (Lipinski definition) is 5. The molecule has 0 radical (unpaired) electrons. The highest BCUT2D eigenvalue weighted by atomic mass is 16.6. The summed E-state index contributed by atoms with van der Waals surface area (Å²) in [6.45, 7) is 6.90. The van der Waals surface area contributed by atoms with E-state index >= 15 is 0 Å². The monoisotopic (exact) mass is 419 g/mol. The highest BCUT2D eigenvalue weighted by Gasteiger charge is 2.22. The smallest absolute Gasteiger partial charge is 0.267 e. The molecule has 1 aliphatic rings. The first-order valence-electron chi connectivity index (χ1n) is 10.3. The van der Waals surface area contributed by atoms with Crippen molar-refractivity contribution in [2.75, 3.05) is 18.5 Å². The molecule has 0 fully saturated rings. The van der Waals surface area contributed by atoms with Crippen LogP contribution in [0, 0.1) is 13.8 Å². The van der Waals surface area contributed by atoms with Gasteiger partial charge < -0.3 is 14.8 Å². The van der Waals surface area contributed by atoms with Gasteiger partial charge >= 0.3 is 0 Å². The lowest BCUT2D eigenvalue weighted by Crippen LogP contribution is -2.34. The number of benzene rings is 2. The SMILES string of the molecule is CC[C@@H](C(=O)Nc1ccc2c(c1)OCCO2)n1nc(-c2ccc(C)c(C)c2)ccc1=O. The highest BCUT2D eigenvalue weighted by Crippen LogP contribution is 2.33. The number of carbonyl (C=O) groups excluding carboxylic acids is 1. The van der Waals surface area contributed by atoms with Gasteiger partial charge in [0, 0.05) is 23.4 Å². The molecule has 31 heavy (non-hydrogen) atoms. The Kier molecular flexibility index (Phi) is 5.75. The Hall–Kier alpha value is -3.61. The number of nitrogens with zero attached hydrogens (tertiary/aromatic N) is 2. The maximum Gasteiger partial charge on any atom is 0.267 e. The second kappa shape index (κ2) is 8.63. The minimum absolute atomic E-state index is 0.314. The number of aromatic nitrogens is 2.